The number of carbonyl (C=O) groups is 1. The summed E-state index contributed by atoms with van der Waals surface area (Å²) in [7, 11) is 0. The standard InChI is InChI=1S/C23H30N2O2/c26-23(17-19-8-13-27-14-9-19)25-11-2-3-18(7-12-25)15-20-5-6-22-21(16-20)4-1-10-24-22/h1,4-6,10,16,18-19H,2-3,7-9,11-15,17H2/t18-/m0/s1. The maximum Gasteiger partial charge on any atom is 0.222 e. The summed E-state index contributed by atoms with van der Waals surface area (Å²) in [5.74, 6) is 1.55. The number of rotatable bonds is 4. The number of likely N-dealkylation sites (tertiary alicyclic amines) is 1. The smallest absolute Gasteiger partial charge is 0.222 e. The maximum atomic E-state index is 12.7. The largest absolute Gasteiger partial charge is 0.381 e. The molecule has 0 spiro atoms. The van der Waals surface area contributed by atoms with Gasteiger partial charge in [-0.3, -0.25) is 9.78 Å². The van der Waals surface area contributed by atoms with Crippen LogP contribution in [-0.2, 0) is 16.0 Å². The predicted molar refractivity (Wildman–Crippen MR) is 108 cm³/mol. The Bertz CT molecular complexity index is 770. The molecule has 144 valence electrons. The van der Waals surface area contributed by atoms with E-state index in [0.717, 1.165) is 63.9 Å². The van der Waals surface area contributed by atoms with Crippen molar-refractivity contribution >= 4 is 16.8 Å². The first-order chi connectivity index (χ1) is 13.3. The highest BCUT2D eigenvalue weighted by atomic mass is 16.5. The molecule has 2 aromatic rings. The van der Waals surface area contributed by atoms with Crippen molar-refractivity contribution < 1.29 is 9.53 Å². The Balaban J connectivity index is 1.31. The second-order valence-corrected chi connectivity index (χ2v) is 8.17. The predicted octanol–water partition coefficient (Wildman–Crippen LogP) is 4.22. The number of amides is 1. The third-order valence-corrected chi connectivity index (χ3v) is 6.20. The lowest BCUT2D eigenvalue weighted by Gasteiger charge is -2.26. The molecule has 1 atom stereocenters. The summed E-state index contributed by atoms with van der Waals surface area (Å²) < 4.78 is 5.42. The number of ether oxygens (including phenoxy) is 1. The van der Waals surface area contributed by atoms with Crippen molar-refractivity contribution in [3.8, 4) is 0 Å². The number of carbonyl (C=O) groups excluding carboxylic acids is 1. The molecule has 1 aromatic carbocycles. The second kappa shape index (κ2) is 8.83. The summed E-state index contributed by atoms with van der Waals surface area (Å²) in [5, 5.41) is 1.22. The molecule has 0 N–H and O–H groups in total. The molecular formula is C23H30N2O2. The van der Waals surface area contributed by atoms with Gasteiger partial charge in [-0.1, -0.05) is 12.1 Å². The molecule has 0 aliphatic carbocycles. The second-order valence-electron chi connectivity index (χ2n) is 8.17. The zero-order valence-electron chi connectivity index (χ0n) is 16.1. The summed E-state index contributed by atoms with van der Waals surface area (Å²) in [6, 6.07) is 10.8. The van der Waals surface area contributed by atoms with E-state index in [1.165, 1.54) is 17.4 Å². The van der Waals surface area contributed by atoms with Crippen LogP contribution < -0.4 is 0 Å². The Morgan fingerprint density at radius 3 is 2.85 bits per heavy atom. The van der Waals surface area contributed by atoms with Gasteiger partial charge in [0.25, 0.3) is 0 Å². The molecule has 3 heterocycles. The fraction of sp³-hybridized carbons (Fsp3) is 0.565. The first-order valence-electron chi connectivity index (χ1n) is 10.5. The van der Waals surface area contributed by atoms with Crippen LogP contribution in [0.3, 0.4) is 0 Å². The number of aromatic nitrogens is 1. The van der Waals surface area contributed by atoms with Crippen LogP contribution in [0, 0.1) is 11.8 Å². The van der Waals surface area contributed by atoms with E-state index in [-0.39, 0.29) is 0 Å². The summed E-state index contributed by atoms with van der Waals surface area (Å²) >= 11 is 0. The third kappa shape index (κ3) is 4.86. The number of benzene rings is 1. The first-order valence-corrected chi connectivity index (χ1v) is 10.5. The zero-order chi connectivity index (χ0) is 18.5. The van der Waals surface area contributed by atoms with Gasteiger partial charge < -0.3 is 9.64 Å². The molecule has 2 fully saturated rings. The average molecular weight is 367 g/mol. The Morgan fingerprint density at radius 1 is 1.07 bits per heavy atom. The zero-order valence-corrected chi connectivity index (χ0v) is 16.1. The Morgan fingerprint density at radius 2 is 1.96 bits per heavy atom. The SMILES string of the molecule is O=C(CC1CCOCC1)N1CCC[C@H](Cc2ccc3ncccc3c2)CC1. The number of pyridine rings is 1. The van der Waals surface area contributed by atoms with Gasteiger partial charge in [-0.25, -0.2) is 0 Å². The van der Waals surface area contributed by atoms with Crippen molar-refractivity contribution in [2.45, 2.75) is 44.9 Å². The van der Waals surface area contributed by atoms with Gasteiger partial charge in [-0.05, 0) is 74.1 Å². The molecule has 2 aliphatic heterocycles. The van der Waals surface area contributed by atoms with E-state index in [1.807, 2.05) is 12.3 Å². The topological polar surface area (TPSA) is 42.4 Å². The molecule has 4 heteroatoms. The van der Waals surface area contributed by atoms with Gasteiger partial charge in [-0.2, -0.15) is 0 Å². The summed E-state index contributed by atoms with van der Waals surface area (Å²) in [6.07, 6.45) is 9.20. The van der Waals surface area contributed by atoms with Crippen molar-refractivity contribution in [1.82, 2.24) is 9.88 Å². The fourth-order valence-electron chi connectivity index (χ4n) is 4.53. The van der Waals surface area contributed by atoms with E-state index in [1.54, 1.807) is 0 Å². The van der Waals surface area contributed by atoms with E-state index in [9.17, 15) is 4.79 Å². The maximum absolute atomic E-state index is 12.7. The number of fused-ring (bicyclic) bond motifs is 1. The van der Waals surface area contributed by atoms with E-state index in [2.05, 4.69) is 34.1 Å². The molecule has 27 heavy (non-hydrogen) atoms. The molecule has 1 amide bonds. The molecule has 0 bridgehead atoms. The van der Waals surface area contributed by atoms with Gasteiger partial charge in [-0.15, -0.1) is 0 Å². The van der Waals surface area contributed by atoms with Crippen LogP contribution in [0.1, 0.15) is 44.1 Å². The van der Waals surface area contributed by atoms with Crippen molar-refractivity contribution in [3.63, 3.8) is 0 Å². The highest BCUT2D eigenvalue weighted by Crippen LogP contribution is 2.25. The van der Waals surface area contributed by atoms with E-state index < -0.39 is 0 Å². The van der Waals surface area contributed by atoms with Gasteiger partial charge >= 0.3 is 0 Å². The van der Waals surface area contributed by atoms with E-state index >= 15 is 0 Å². The molecular weight excluding hydrogens is 336 g/mol. The van der Waals surface area contributed by atoms with Crippen molar-refractivity contribution in [2.75, 3.05) is 26.3 Å². The third-order valence-electron chi connectivity index (χ3n) is 6.20. The molecule has 2 aliphatic rings. The lowest BCUT2D eigenvalue weighted by Crippen LogP contribution is -2.34. The van der Waals surface area contributed by atoms with Gasteiger partial charge in [0.1, 0.15) is 0 Å². The fourth-order valence-corrected chi connectivity index (χ4v) is 4.53. The summed E-state index contributed by atoms with van der Waals surface area (Å²) in [5.41, 5.74) is 2.45. The Hall–Kier alpha value is -1.94. The van der Waals surface area contributed by atoms with Crippen LogP contribution in [0.25, 0.3) is 10.9 Å². The van der Waals surface area contributed by atoms with E-state index in [4.69, 9.17) is 4.74 Å². The minimum absolute atomic E-state index is 0.360. The van der Waals surface area contributed by atoms with Crippen molar-refractivity contribution in [2.24, 2.45) is 11.8 Å². The normalized spacial score (nSPS) is 21.9. The number of hydrogen-bond acceptors (Lipinski definition) is 3. The van der Waals surface area contributed by atoms with Gasteiger partial charge in [0.15, 0.2) is 0 Å². The molecule has 0 unspecified atom stereocenters. The lowest BCUT2D eigenvalue weighted by molar-refractivity contribution is -0.132. The lowest BCUT2D eigenvalue weighted by atomic mass is 9.92. The Kier molecular flexibility index (Phi) is 6.03. The van der Waals surface area contributed by atoms with Gasteiger partial charge in [0.05, 0.1) is 5.52 Å². The van der Waals surface area contributed by atoms with Crippen LogP contribution >= 0.6 is 0 Å². The Labute approximate surface area is 161 Å². The van der Waals surface area contributed by atoms with Crippen LogP contribution in [0.15, 0.2) is 36.5 Å². The van der Waals surface area contributed by atoms with Crippen LogP contribution in [-0.4, -0.2) is 42.1 Å². The summed E-state index contributed by atoms with van der Waals surface area (Å²) in [4.78, 5) is 19.2. The molecule has 4 rings (SSSR count). The highest BCUT2D eigenvalue weighted by Gasteiger charge is 2.24. The molecule has 0 saturated carbocycles. The van der Waals surface area contributed by atoms with Gasteiger partial charge in [0.2, 0.25) is 5.91 Å². The van der Waals surface area contributed by atoms with Crippen LogP contribution in [0.5, 0.6) is 0 Å². The van der Waals surface area contributed by atoms with Crippen molar-refractivity contribution in [3.05, 3.63) is 42.1 Å². The monoisotopic (exact) mass is 366 g/mol. The minimum atomic E-state index is 0.360. The number of hydrogen-bond donors (Lipinski definition) is 0. The van der Waals surface area contributed by atoms with E-state index in [0.29, 0.717) is 24.2 Å². The van der Waals surface area contributed by atoms with Crippen molar-refractivity contribution in [1.29, 1.82) is 0 Å². The molecule has 0 radical (unpaired) electrons. The molecule has 4 nitrogen and oxygen atoms in total. The number of nitrogens with zero attached hydrogens (tertiary/aromatic N) is 2. The van der Waals surface area contributed by atoms with Crippen LogP contribution in [0.4, 0.5) is 0 Å². The summed E-state index contributed by atoms with van der Waals surface area (Å²) in [6.45, 7) is 3.49. The molecule has 1 aromatic heterocycles. The average Bonchev–Trinajstić information content (AvgIpc) is 2.94. The molecule has 2 saturated heterocycles. The van der Waals surface area contributed by atoms with Gasteiger partial charge in [0, 0.05) is 44.3 Å². The quantitative estimate of drug-likeness (QED) is 0.813. The first kappa shape index (κ1) is 18.4. The van der Waals surface area contributed by atoms with Crippen LogP contribution in [0.2, 0.25) is 0 Å². The highest BCUT2D eigenvalue weighted by molar-refractivity contribution is 5.79. The minimum Gasteiger partial charge on any atom is -0.381 e.